The van der Waals surface area contributed by atoms with Crippen LogP contribution in [0.4, 0.5) is 0 Å². The van der Waals surface area contributed by atoms with Crippen LogP contribution in [0.25, 0.3) is 0 Å². The largest absolute Gasteiger partial charge is 0.469 e. The maximum absolute atomic E-state index is 11.7. The molecule has 0 amide bonds. The van der Waals surface area contributed by atoms with Gasteiger partial charge < -0.3 is 14.0 Å². The summed E-state index contributed by atoms with van der Waals surface area (Å²) in [5.41, 5.74) is 0. The standard InChI is InChI=1S/C28H36O4Si/c1-28(2,3)33(25-18-10-7-11-19-25,26-20-12-8-13-21-26)32-24(16-9-5-6-14-23-29)17-15-22-27(30)31-4/h5-13,16,18-21,23-24H,14-15,17,22H2,1-4H3/b6-5-,16-9+/t24-/m1/s1. The van der Waals surface area contributed by atoms with Crippen molar-refractivity contribution in [2.75, 3.05) is 7.11 Å². The van der Waals surface area contributed by atoms with Crippen LogP contribution in [0.3, 0.4) is 0 Å². The Morgan fingerprint density at radius 3 is 2.03 bits per heavy atom. The van der Waals surface area contributed by atoms with Crippen LogP contribution in [0.2, 0.25) is 5.04 Å². The van der Waals surface area contributed by atoms with Crippen molar-refractivity contribution >= 4 is 30.9 Å². The SMILES string of the molecule is COC(=O)CCC[C@@H](/C=C/C=C\CC=O)O[Si](c1ccccc1)(c1ccccc1)C(C)(C)C. The monoisotopic (exact) mass is 464 g/mol. The van der Waals surface area contributed by atoms with E-state index in [9.17, 15) is 9.59 Å². The maximum Gasteiger partial charge on any atom is 0.305 e. The second-order valence-electron chi connectivity index (χ2n) is 9.00. The van der Waals surface area contributed by atoms with E-state index >= 15 is 0 Å². The first-order valence-corrected chi connectivity index (χ1v) is 13.4. The zero-order chi connectivity index (χ0) is 24.2. The summed E-state index contributed by atoms with van der Waals surface area (Å²) >= 11 is 0. The molecule has 0 saturated carbocycles. The van der Waals surface area contributed by atoms with Crippen LogP contribution >= 0.6 is 0 Å². The molecule has 0 unspecified atom stereocenters. The molecule has 0 bridgehead atoms. The number of esters is 1. The smallest absolute Gasteiger partial charge is 0.305 e. The molecule has 0 radical (unpaired) electrons. The second kappa shape index (κ2) is 13.1. The molecule has 33 heavy (non-hydrogen) atoms. The number of ether oxygens (including phenoxy) is 1. The van der Waals surface area contributed by atoms with Gasteiger partial charge in [-0.05, 0) is 28.3 Å². The van der Waals surface area contributed by atoms with Gasteiger partial charge in [-0.1, -0.05) is 106 Å². The number of carbonyl (C=O) groups is 2. The highest BCUT2D eigenvalue weighted by atomic mass is 28.4. The molecule has 176 valence electrons. The van der Waals surface area contributed by atoms with Crippen LogP contribution in [0, 0.1) is 0 Å². The molecule has 0 N–H and O–H groups in total. The summed E-state index contributed by atoms with van der Waals surface area (Å²) in [4.78, 5) is 22.3. The highest BCUT2D eigenvalue weighted by Crippen LogP contribution is 2.38. The molecule has 0 saturated heterocycles. The minimum absolute atomic E-state index is 0.141. The van der Waals surface area contributed by atoms with Crippen molar-refractivity contribution in [2.24, 2.45) is 0 Å². The third kappa shape index (κ3) is 7.37. The predicted molar refractivity (Wildman–Crippen MR) is 137 cm³/mol. The third-order valence-electron chi connectivity index (χ3n) is 5.65. The van der Waals surface area contributed by atoms with Crippen LogP contribution in [-0.4, -0.2) is 33.8 Å². The molecule has 4 nitrogen and oxygen atoms in total. The molecule has 2 rings (SSSR count). The fraction of sp³-hybridized carbons (Fsp3) is 0.357. The van der Waals surface area contributed by atoms with E-state index in [1.165, 1.54) is 17.5 Å². The zero-order valence-electron chi connectivity index (χ0n) is 20.2. The number of hydrogen-bond acceptors (Lipinski definition) is 4. The van der Waals surface area contributed by atoms with E-state index in [1.54, 1.807) is 0 Å². The molecule has 2 aromatic rings. The molecule has 0 aliphatic heterocycles. The fourth-order valence-electron chi connectivity index (χ4n) is 4.06. The molecule has 1 atom stereocenters. The van der Waals surface area contributed by atoms with Crippen molar-refractivity contribution in [3.05, 3.63) is 85.0 Å². The number of benzene rings is 2. The number of rotatable bonds is 12. The maximum atomic E-state index is 11.7. The number of hydrogen-bond donors (Lipinski definition) is 0. The van der Waals surface area contributed by atoms with E-state index in [0.29, 0.717) is 25.7 Å². The molecule has 0 aliphatic carbocycles. The van der Waals surface area contributed by atoms with E-state index in [0.717, 1.165) is 6.29 Å². The van der Waals surface area contributed by atoms with E-state index in [2.05, 4.69) is 69.3 Å². The molecule has 2 aromatic carbocycles. The lowest BCUT2D eigenvalue weighted by Crippen LogP contribution is -2.67. The van der Waals surface area contributed by atoms with Crippen molar-refractivity contribution in [3.63, 3.8) is 0 Å². The van der Waals surface area contributed by atoms with Gasteiger partial charge in [0.1, 0.15) is 6.29 Å². The lowest BCUT2D eigenvalue weighted by Gasteiger charge is -2.44. The molecule has 0 aliphatic rings. The van der Waals surface area contributed by atoms with Crippen molar-refractivity contribution in [1.82, 2.24) is 0 Å². The van der Waals surface area contributed by atoms with Crippen LogP contribution in [0.5, 0.6) is 0 Å². The molecule has 0 spiro atoms. The number of methoxy groups -OCH3 is 1. The van der Waals surface area contributed by atoms with Crippen LogP contribution in [-0.2, 0) is 18.8 Å². The van der Waals surface area contributed by atoms with Crippen molar-refractivity contribution < 1.29 is 18.8 Å². The molecule has 0 fully saturated rings. The van der Waals surface area contributed by atoms with Crippen LogP contribution in [0.15, 0.2) is 85.0 Å². The Bertz CT molecular complexity index is 874. The highest BCUT2D eigenvalue weighted by Gasteiger charge is 2.51. The quantitative estimate of drug-likeness (QED) is 0.192. The molecular weight excluding hydrogens is 428 g/mol. The first kappa shape index (κ1) is 26.5. The summed E-state index contributed by atoms with van der Waals surface area (Å²) in [6.45, 7) is 6.75. The van der Waals surface area contributed by atoms with E-state index in [4.69, 9.17) is 9.16 Å². The normalized spacial score (nSPS) is 13.3. The lowest BCUT2D eigenvalue weighted by molar-refractivity contribution is -0.140. The van der Waals surface area contributed by atoms with Gasteiger partial charge in [-0.15, -0.1) is 0 Å². The summed E-state index contributed by atoms with van der Waals surface area (Å²) in [7, 11) is -1.31. The van der Waals surface area contributed by atoms with Crippen molar-refractivity contribution in [2.45, 2.75) is 57.6 Å². The summed E-state index contributed by atoms with van der Waals surface area (Å²) in [5.74, 6) is -0.214. The van der Waals surface area contributed by atoms with Gasteiger partial charge in [0.2, 0.25) is 0 Å². The molecule has 0 aromatic heterocycles. The second-order valence-corrected chi connectivity index (χ2v) is 13.3. The van der Waals surface area contributed by atoms with Gasteiger partial charge in [-0.25, -0.2) is 0 Å². The highest BCUT2D eigenvalue weighted by molar-refractivity contribution is 6.99. The Kier molecular flexibility index (Phi) is 10.5. The van der Waals surface area contributed by atoms with Crippen molar-refractivity contribution in [1.29, 1.82) is 0 Å². The topological polar surface area (TPSA) is 52.6 Å². The van der Waals surface area contributed by atoms with Crippen LogP contribution < -0.4 is 10.4 Å². The summed E-state index contributed by atoms with van der Waals surface area (Å²) in [6, 6.07) is 21.0. The van der Waals surface area contributed by atoms with Crippen LogP contribution in [0.1, 0.15) is 46.5 Å². The predicted octanol–water partition coefficient (Wildman–Crippen LogP) is 4.98. The van der Waals surface area contributed by atoms with Gasteiger partial charge in [0.15, 0.2) is 0 Å². The summed E-state index contributed by atoms with van der Waals surface area (Å²) in [6.07, 6.45) is 10.4. The average molecular weight is 465 g/mol. The van der Waals surface area contributed by atoms with Gasteiger partial charge in [0.05, 0.1) is 13.2 Å². The number of aldehydes is 1. The minimum Gasteiger partial charge on any atom is -0.469 e. The third-order valence-corrected chi connectivity index (χ3v) is 10.7. The van der Waals surface area contributed by atoms with E-state index in [1.807, 2.05) is 36.4 Å². The van der Waals surface area contributed by atoms with E-state index in [-0.39, 0.29) is 17.1 Å². The minimum atomic E-state index is -2.72. The molecular formula is C28H36O4Si. The van der Waals surface area contributed by atoms with Gasteiger partial charge in [0.25, 0.3) is 8.32 Å². The Morgan fingerprint density at radius 1 is 0.970 bits per heavy atom. The van der Waals surface area contributed by atoms with Gasteiger partial charge >= 0.3 is 5.97 Å². The van der Waals surface area contributed by atoms with Crippen molar-refractivity contribution in [3.8, 4) is 0 Å². The Labute approximate surface area is 199 Å². The Balaban J connectivity index is 2.50. The molecule has 5 heteroatoms. The lowest BCUT2D eigenvalue weighted by atomic mass is 10.1. The van der Waals surface area contributed by atoms with Gasteiger partial charge in [-0.3, -0.25) is 4.79 Å². The van der Waals surface area contributed by atoms with Gasteiger partial charge in [-0.2, -0.15) is 0 Å². The average Bonchev–Trinajstić information content (AvgIpc) is 2.82. The fourth-order valence-corrected chi connectivity index (χ4v) is 8.73. The Morgan fingerprint density at radius 2 is 1.55 bits per heavy atom. The van der Waals surface area contributed by atoms with E-state index < -0.39 is 8.32 Å². The Hall–Kier alpha value is -2.76. The van der Waals surface area contributed by atoms with Gasteiger partial charge in [0, 0.05) is 12.8 Å². The number of carbonyl (C=O) groups excluding carboxylic acids is 2. The summed E-state index contributed by atoms with van der Waals surface area (Å²) < 4.78 is 12.0. The molecule has 0 heterocycles. The zero-order valence-corrected chi connectivity index (χ0v) is 21.2. The first-order valence-electron chi connectivity index (χ1n) is 11.5. The first-order chi connectivity index (χ1) is 15.8. The number of allylic oxidation sites excluding steroid dienone is 3. The summed E-state index contributed by atoms with van der Waals surface area (Å²) in [5, 5.41) is 2.29.